The second-order valence-electron chi connectivity index (χ2n) is 4.30. The number of benzene rings is 1. The molecule has 0 spiro atoms. The fraction of sp³-hybridized carbons (Fsp3) is 0.200. The van der Waals surface area contributed by atoms with E-state index in [-0.39, 0.29) is 5.91 Å². The molecule has 21 heavy (non-hydrogen) atoms. The summed E-state index contributed by atoms with van der Waals surface area (Å²) in [6.07, 6.45) is 1.63. The molecule has 0 aliphatic rings. The molecule has 2 N–H and O–H groups in total. The summed E-state index contributed by atoms with van der Waals surface area (Å²) in [5.41, 5.74) is 1.58. The first-order valence-corrected chi connectivity index (χ1v) is 6.35. The number of anilines is 3. The van der Waals surface area contributed by atoms with Crippen LogP contribution in [0.25, 0.3) is 0 Å². The standard InChI is InChI=1S/C15H17N3O3/c1-10(19)17-15-7-4-11(9-16-15)18-13-6-5-12(20-2)8-14(13)21-3/h4-9,18H,1-3H3,(H,16,17,19). The minimum atomic E-state index is -0.153. The molecule has 0 aliphatic heterocycles. The van der Waals surface area contributed by atoms with Gasteiger partial charge in [0.15, 0.2) is 0 Å². The number of hydrogen-bond donors (Lipinski definition) is 2. The lowest BCUT2D eigenvalue weighted by Gasteiger charge is -2.12. The smallest absolute Gasteiger partial charge is 0.222 e. The highest BCUT2D eigenvalue weighted by Crippen LogP contribution is 2.31. The van der Waals surface area contributed by atoms with Gasteiger partial charge in [-0.25, -0.2) is 4.98 Å². The van der Waals surface area contributed by atoms with Crippen LogP contribution in [0.15, 0.2) is 36.5 Å². The predicted molar refractivity (Wildman–Crippen MR) is 81.4 cm³/mol. The molecule has 0 fully saturated rings. The van der Waals surface area contributed by atoms with Crippen molar-refractivity contribution >= 4 is 23.1 Å². The number of carbonyl (C=O) groups is 1. The van der Waals surface area contributed by atoms with Gasteiger partial charge >= 0.3 is 0 Å². The molecule has 1 aromatic heterocycles. The molecule has 6 heteroatoms. The number of hydrogen-bond acceptors (Lipinski definition) is 5. The van der Waals surface area contributed by atoms with E-state index in [0.717, 1.165) is 17.1 Å². The van der Waals surface area contributed by atoms with E-state index in [0.29, 0.717) is 11.6 Å². The van der Waals surface area contributed by atoms with Crippen molar-refractivity contribution in [3.05, 3.63) is 36.5 Å². The second-order valence-corrected chi connectivity index (χ2v) is 4.30. The summed E-state index contributed by atoms with van der Waals surface area (Å²) in [4.78, 5) is 15.1. The monoisotopic (exact) mass is 287 g/mol. The first-order valence-electron chi connectivity index (χ1n) is 6.35. The van der Waals surface area contributed by atoms with Gasteiger partial charge in [0.1, 0.15) is 17.3 Å². The zero-order valence-corrected chi connectivity index (χ0v) is 12.1. The van der Waals surface area contributed by atoms with Gasteiger partial charge in [-0.3, -0.25) is 4.79 Å². The number of pyridine rings is 1. The van der Waals surface area contributed by atoms with Crippen molar-refractivity contribution in [2.24, 2.45) is 0 Å². The Bertz CT molecular complexity index is 627. The third kappa shape index (κ3) is 3.85. The number of nitrogens with zero attached hydrogens (tertiary/aromatic N) is 1. The number of ether oxygens (including phenoxy) is 2. The third-order valence-corrected chi connectivity index (χ3v) is 2.76. The Balaban J connectivity index is 2.16. The SMILES string of the molecule is COc1ccc(Nc2ccc(NC(C)=O)nc2)c(OC)c1. The quantitative estimate of drug-likeness (QED) is 0.884. The maximum atomic E-state index is 10.9. The Hall–Kier alpha value is -2.76. The van der Waals surface area contributed by atoms with Crippen LogP contribution >= 0.6 is 0 Å². The van der Waals surface area contributed by atoms with Gasteiger partial charge in [-0.2, -0.15) is 0 Å². The van der Waals surface area contributed by atoms with Crippen molar-refractivity contribution in [3.63, 3.8) is 0 Å². The van der Waals surface area contributed by atoms with Crippen LogP contribution < -0.4 is 20.1 Å². The third-order valence-electron chi connectivity index (χ3n) is 2.76. The van der Waals surface area contributed by atoms with E-state index in [4.69, 9.17) is 9.47 Å². The lowest BCUT2D eigenvalue weighted by Crippen LogP contribution is -2.07. The summed E-state index contributed by atoms with van der Waals surface area (Å²) in [5.74, 6) is 1.74. The van der Waals surface area contributed by atoms with E-state index < -0.39 is 0 Å². The van der Waals surface area contributed by atoms with Crippen molar-refractivity contribution in [1.82, 2.24) is 4.98 Å². The molecule has 0 radical (unpaired) electrons. The van der Waals surface area contributed by atoms with Crippen LogP contribution in [0.3, 0.4) is 0 Å². The zero-order chi connectivity index (χ0) is 15.2. The summed E-state index contributed by atoms with van der Waals surface area (Å²) in [5, 5.41) is 5.81. The topological polar surface area (TPSA) is 72.5 Å². The van der Waals surface area contributed by atoms with Gasteiger partial charge in [0.2, 0.25) is 5.91 Å². The van der Waals surface area contributed by atoms with Crippen LogP contribution in [-0.2, 0) is 4.79 Å². The van der Waals surface area contributed by atoms with E-state index in [2.05, 4.69) is 15.6 Å². The van der Waals surface area contributed by atoms with Gasteiger partial charge < -0.3 is 20.1 Å². The minimum absolute atomic E-state index is 0.153. The molecule has 1 heterocycles. The van der Waals surface area contributed by atoms with Crippen LogP contribution in [-0.4, -0.2) is 25.1 Å². The molecule has 1 aromatic carbocycles. The molecule has 110 valence electrons. The zero-order valence-electron chi connectivity index (χ0n) is 12.1. The molecular formula is C15H17N3O3. The van der Waals surface area contributed by atoms with Gasteiger partial charge in [0.05, 0.1) is 31.8 Å². The molecule has 0 saturated heterocycles. The summed E-state index contributed by atoms with van der Waals surface area (Å²) in [6, 6.07) is 9.03. The molecule has 1 amide bonds. The highest BCUT2D eigenvalue weighted by molar-refractivity contribution is 5.87. The van der Waals surface area contributed by atoms with E-state index in [9.17, 15) is 4.79 Å². The van der Waals surface area contributed by atoms with Gasteiger partial charge in [0.25, 0.3) is 0 Å². The second kappa shape index (κ2) is 6.60. The Kier molecular flexibility index (Phi) is 4.61. The van der Waals surface area contributed by atoms with E-state index in [1.807, 2.05) is 18.2 Å². The number of carbonyl (C=O) groups excluding carboxylic acids is 1. The van der Waals surface area contributed by atoms with Crippen molar-refractivity contribution in [2.45, 2.75) is 6.92 Å². The van der Waals surface area contributed by atoms with E-state index in [1.54, 1.807) is 32.5 Å². The Morgan fingerprint density at radius 2 is 1.95 bits per heavy atom. The molecule has 6 nitrogen and oxygen atoms in total. The average molecular weight is 287 g/mol. The van der Waals surface area contributed by atoms with Gasteiger partial charge in [-0.05, 0) is 24.3 Å². The number of nitrogens with one attached hydrogen (secondary N) is 2. The van der Waals surface area contributed by atoms with Crippen molar-refractivity contribution in [1.29, 1.82) is 0 Å². The van der Waals surface area contributed by atoms with Crippen LogP contribution in [0, 0.1) is 0 Å². The molecule has 2 aromatic rings. The van der Waals surface area contributed by atoms with Crippen molar-refractivity contribution in [2.75, 3.05) is 24.9 Å². The van der Waals surface area contributed by atoms with Crippen LogP contribution in [0.2, 0.25) is 0 Å². The average Bonchev–Trinajstić information content (AvgIpc) is 2.49. The van der Waals surface area contributed by atoms with Crippen LogP contribution in [0.4, 0.5) is 17.2 Å². The lowest BCUT2D eigenvalue weighted by molar-refractivity contribution is -0.114. The maximum Gasteiger partial charge on any atom is 0.222 e. The van der Waals surface area contributed by atoms with E-state index >= 15 is 0 Å². The van der Waals surface area contributed by atoms with E-state index in [1.165, 1.54) is 6.92 Å². The highest BCUT2D eigenvalue weighted by atomic mass is 16.5. The largest absolute Gasteiger partial charge is 0.497 e. The molecule has 0 unspecified atom stereocenters. The highest BCUT2D eigenvalue weighted by Gasteiger charge is 2.06. The first-order chi connectivity index (χ1) is 10.1. The fourth-order valence-electron chi connectivity index (χ4n) is 1.78. The van der Waals surface area contributed by atoms with Crippen molar-refractivity contribution in [3.8, 4) is 11.5 Å². The first kappa shape index (κ1) is 14.6. The molecule has 0 bridgehead atoms. The summed E-state index contributed by atoms with van der Waals surface area (Å²) < 4.78 is 10.5. The molecule has 0 atom stereocenters. The summed E-state index contributed by atoms with van der Waals surface area (Å²) in [7, 11) is 3.20. The maximum absolute atomic E-state index is 10.9. The molecule has 2 rings (SSSR count). The fourth-order valence-corrected chi connectivity index (χ4v) is 1.78. The van der Waals surface area contributed by atoms with Crippen molar-refractivity contribution < 1.29 is 14.3 Å². The molecule has 0 aliphatic carbocycles. The lowest BCUT2D eigenvalue weighted by atomic mass is 10.2. The van der Waals surface area contributed by atoms with Gasteiger partial charge in [0, 0.05) is 13.0 Å². The number of rotatable bonds is 5. The number of methoxy groups -OCH3 is 2. The Labute approximate surface area is 123 Å². The summed E-state index contributed by atoms with van der Waals surface area (Å²) >= 11 is 0. The Morgan fingerprint density at radius 1 is 1.14 bits per heavy atom. The van der Waals surface area contributed by atoms with Gasteiger partial charge in [-0.1, -0.05) is 0 Å². The summed E-state index contributed by atoms with van der Waals surface area (Å²) in [6.45, 7) is 1.44. The van der Waals surface area contributed by atoms with Crippen LogP contribution in [0.5, 0.6) is 11.5 Å². The van der Waals surface area contributed by atoms with Crippen LogP contribution in [0.1, 0.15) is 6.92 Å². The number of aromatic nitrogens is 1. The molecule has 0 saturated carbocycles. The Morgan fingerprint density at radius 3 is 2.52 bits per heavy atom. The minimum Gasteiger partial charge on any atom is -0.497 e. The number of amides is 1. The predicted octanol–water partition coefficient (Wildman–Crippen LogP) is 2.80. The normalized spacial score (nSPS) is 9.86. The van der Waals surface area contributed by atoms with Gasteiger partial charge in [-0.15, -0.1) is 0 Å². The molecular weight excluding hydrogens is 270 g/mol.